The van der Waals surface area contributed by atoms with Gasteiger partial charge in [-0.15, -0.1) is 0 Å². The minimum atomic E-state index is -1.52. The first kappa shape index (κ1) is 14.8. The van der Waals surface area contributed by atoms with Gasteiger partial charge in [0, 0.05) is 23.3 Å². The molecule has 0 aliphatic carbocycles. The van der Waals surface area contributed by atoms with Crippen molar-refractivity contribution in [1.82, 2.24) is 0 Å². The van der Waals surface area contributed by atoms with Gasteiger partial charge in [0.15, 0.2) is 0 Å². The summed E-state index contributed by atoms with van der Waals surface area (Å²) in [4.78, 5) is 21.3. The predicted molar refractivity (Wildman–Crippen MR) is 74.4 cm³/mol. The van der Waals surface area contributed by atoms with E-state index in [2.05, 4.69) is 0 Å². The van der Waals surface area contributed by atoms with Gasteiger partial charge in [-0.25, -0.2) is 0 Å². The molecule has 0 spiro atoms. The van der Waals surface area contributed by atoms with E-state index in [1.54, 1.807) is 18.2 Å². The number of ether oxygens (including phenoxy) is 1. The zero-order chi connectivity index (χ0) is 15.6. The summed E-state index contributed by atoms with van der Waals surface area (Å²) in [6, 6.07) is 8.32. The Kier molecular flexibility index (Phi) is 4.09. The van der Waals surface area contributed by atoms with Crippen LogP contribution in [0.15, 0.2) is 36.4 Å². The number of nitro groups is 1. The molecule has 0 aromatic heterocycles. The van der Waals surface area contributed by atoms with Crippen molar-refractivity contribution in [2.75, 3.05) is 7.11 Å². The minimum Gasteiger partial charge on any atom is -0.545 e. The van der Waals surface area contributed by atoms with Crippen LogP contribution in [0.5, 0.6) is 5.75 Å². The van der Waals surface area contributed by atoms with E-state index < -0.39 is 10.9 Å². The molecule has 2 aromatic carbocycles. The summed E-state index contributed by atoms with van der Waals surface area (Å²) >= 11 is 6.00. The molecule has 7 heteroatoms. The van der Waals surface area contributed by atoms with Crippen molar-refractivity contribution in [3.63, 3.8) is 0 Å². The quantitative estimate of drug-likeness (QED) is 0.638. The lowest BCUT2D eigenvalue weighted by atomic mass is 9.98. The Hall–Kier alpha value is -2.60. The van der Waals surface area contributed by atoms with Crippen LogP contribution in [0.25, 0.3) is 11.1 Å². The van der Waals surface area contributed by atoms with Crippen molar-refractivity contribution in [3.8, 4) is 16.9 Å². The molecule has 0 unspecified atom stereocenters. The fourth-order valence-electron chi connectivity index (χ4n) is 1.98. The highest BCUT2D eigenvalue weighted by Gasteiger charge is 2.17. The Bertz CT molecular complexity index is 729. The summed E-state index contributed by atoms with van der Waals surface area (Å²) in [6.45, 7) is 0. The maximum absolute atomic E-state index is 11.2. The standard InChI is InChI=1S/C14H10ClNO5/c1-21-13-10(3-2-4-12(13)15)9-6-5-8(16(19)20)7-11(9)14(17)18/h2-7H,1H3,(H,17,18)/p-1. The number of carbonyl (C=O) groups is 1. The Morgan fingerprint density at radius 2 is 1.95 bits per heavy atom. The number of carboxylic acids is 1. The van der Waals surface area contributed by atoms with Crippen LogP contribution in [0.4, 0.5) is 5.69 Å². The topological polar surface area (TPSA) is 92.5 Å². The number of methoxy groups -OCH3 is 1. The number of hydrogen-bond donors (Lipinski definition) is 0. The SMILES string of the molecule is COc1c(Cl)cccc1-c1ccc([N+](=O)[O-])cc1C(=O)[O-]. The first-order valence-corrected chi connectivity index (χ1v) is 6.16. The van der Waals surface area contributed by atoms with Crippen molar-refractivity contribution in [1.29, 1.82) is 0 Å². The first-order chi connectivity index (χ1) is 9.95. The molecule has 0 N–H and O–H groups in total. The van der Waals surface area contributed by atoms with Gasteiger partial charge in [0.2, 0.25) is 0 Å². The summed E-state index contributed by atoms with van der Waals surface area (Å²) in [5.41, 5.74) is 0.0164. The number of non-ortho nitro benzene ring substituents is 1. The van der Waals surface area contributed by atoms with Crippen LogP contribution in [0.3, 0.4) is 0 Å². The third-order valence-corrected chi connectivity index (χ3v) is 3.19. The minimum absolute atomic E-state index is 0.236. The van der Waals surface area contributed by atoms with Crippen LogP contribution in [0.1, 0.15) is 10.4 Å². The predicted octanol–water partition coefficient (Wildman–Crippen LogP) is 2.29. The van der Waals surface area contributed by atoms with Crippen LogP contribution in [-0.4, -0.2) is 18.0 Å². The lowest BCUT2D eigenvalue weighted by molar-refractivity contribution is -0.385. The normalized spacial score (nSPS) is 10.2. The van der Waals surface area contributed by atoms with Crippen molar-refractivity contribution < 1.29 is 19.6 Å². The number of nitrogens with zero attached hydrogens (tertiary/aromatic N) is 1. The van der Waals surface area contributed by atoms with Crippen LogP contribution < -0.4 is 9.84 Å². The molecule has 0 saturated carbocycles. The molecule has 0 fully saturated rings. The number of carbonyl (C=O) groups excluding carboxylic acids is 1. The van der Waals surface area contributed by atoms with Crippen LogP contribution in [0.2, 0.25) is 5.02 Å². The zero-order valence-corrected chi connectivity index (χ0v) is 11.6. The molecular formula is C14H9ClNO5-. The van der Waals surface area contributed by atoms with Crippen molar-refractivity contribution in [2.24, 2.45) is 0 Å². The molecule has 0 heterocycles. The summed E-state index contributed by atoms with van der Waals surface area (Å²) in [5.74, 6) is -1.23. The van der Waals surface area contributed by atoms with E-state index in [0.717, 1.165) is 6.07 Å². The molecule has 0 atom stereocenters. The summed E-state index contributed by atoms with van der Waals surface area (Å²) in [7, 11) is 1.40. The zero-order valence-electron chi connectivity index (χ0n) is 10.8. The molecule has 0 aliphatic rings. The van der Waals surface area contributed by atoms with Gasteiger partial charge in [-0.05, 0) is 17.7 Å². The van der Waals surface area contributed by atoms with Gasteiger partial charge in [-0.1, -0.05) is 23.7 Å². The van der Waals surface area contributed by atoms with Gasteiger partial charge in [0.1, 0.15) is 5.75 Å². The fraction of sp³-hybridized carbons (Fsp3) is 0.0714. The smallest absolute Gasteiger partial charge is 0.270 e. The van der Waals surface area contributed by atoms with Crippen molar-refractivity contribution in [3.05, 3.63) is 57.1 Å². The molecule has 108 valence electrons. The Morgan fingerprint density at radius 3 is 2.52 bits per heavy atom. The number of benzene rings is 2. The van der Waals surface area contributed by atoms with Gasteiger partial charge in [-0.2, -0.15) is 0 Å². The van der Waals surface area contributed by atoms with Crippen molar-refractivity contribution >= 4 is 23.3 Å². The summed E-state index contributed by atoms with van der Waals surface area (Å²) in [6.07, 6.45) is 0. The number of para-hydroxylation sites is 1. The van der Waals surface area contributed by atoms with E-state index in [4.69, 9.17) is 16.3 Å². The summed E-state index contributed by atoms with van der Waals surface area (Å²) < 4.78 is 5.16. The molecular weight excluding hydrogens is 298 g/mol. The van der Waals surface area contributed by atoms with Gasteiger partial charge >= 0.3 is 0 Å². The Balaban J connectivity index is 2.72. The van der Waals surface area contributed by atoms with Crippen molar-refractivity contribution in [2.45, 2.75) is 0 Å². The number of hydrogen-bond acceptors (Lipinski definition) is 5. The number of carboxylic acid groups (broad SMARTS) is 1. The van der Waals surface area contributed by atoms with Crippen LogP contribution in [0, 0.1) is 10.1 Å². The highest BCUT2D eigenvalue weighted by atomic mass is 35.5. The molecule has 0 saturated heterocycles. The van der Waals surface area contributed by atoms with E-state index in [1.807, 2.05) is 0 Å². The van der Waals surface area contributed by atoms with Gasteiger partial charge in [0.05, 0.1) is 23.0 Å². The number of rotatable bonds is 4. The third kappa shape index (κ3) is 2.80. The third-order valence-electron chi connectivity index (χ3n) is 2.90. The lowest BCUT2D eigenvalue weighted by Gasteiger charge is -2.14. The highest BCUT2D eigenvalue weighted by Crippen LogP contribution is 2.38. The second kappa shape index (κ2) is 5.80. The lowest BCUT2D eigenvalue weighted by Crippen LogP contribution is -2.23. The molecule has 6 nitrogen and oxygen atoms in total. The number of nitro benzene ring substituents is 1. The fourth-order valence-corrected chi connectivity index (χ4v) is 2.23. The maximum Gasteiger partial charge on any atom is 0.270 e. The molecule has 2 aromatic rings. The van der Waals surface area contributed by atoms with E-state index in [-0.39, 0.29) is 22.6 Å². The second-order valence-corrected chi connectivity index (χ2v) is 4.50. The van der Waals surface area contributed by atoms with Gasteiger partial charge in [-0.3, -0.25) is 10.1 Å². The molecule has 21 heavy (non-hydrogen) atoms. The Labute approximate surface area is 124 Å². The largest absolute Gasteiger partial charge is 0.545 e. The average Bonchev–Trinajstić information content (AvgIpc) is 2.46. The number of aromatic carboxylic acids is 1. The van der Waals surface area contributed by atoms with E-state index in [1.165, 1.54) is 19.2 Å². The monoisotopic (exact) mass is 306 g/mol. The second-order valence-electron chi connectivity index (χ2n) is 4.10. The molecule has 0 radical (unpaired) electrons. The van der Waals surface area contributed by atoms with E-state index >= 15 is 0 Å². The first-order valence-electron chi connectivity index (χ1n) is 5.78. The maximum atomic E-state index is 11.2. The molecule has 0 aliphatic heterocycles. The molecule has 0 amide bonds. The summed E-state index contributed by atoms with van der Waals surface area (Å²) in [5, 5.41) is 22.3. The van der Waals surface area contributed by atoms with Crippen LogP contribution >= 0.6 is 11.6 Å². The average molecular weight is 307 g/mol. The molecule has 2 rings (SSSR count). The van der Waals surface area contributed by atoms with E-state index in [0.29, 0.717) is 10.6 Å². The van der Waals surface area contributed by atoms with E-state index in [9.17, 15) is 20.0 Å². The molecule has 0 bridgehead atoms. The van der Waals surface area contributed by atoms with Crippen LogP contribution in [-0.2, 0) is 0 Å². The highest BCUT2D eigenvalue weighted by molar-refractivity contribution is 6.32. The van der Waals surface area contributed by atoms with Gasteiger partial charge in [0.25, 0.3) is 5.69 Å². The Morgan fingerprint density at radius 1 is 1.24 bits per heavy atom. The number of halogens is 1. The van der Waals surface area contributed by atoms with Gasteiger partial charge < -0.3 is 14.6 Å².